The molecule has 1 fully saturated rings. The van der Waals surface area contributed by atoms with Crippen molar-refractivity contribution in [3.8, 4) is 0 Å². The van der Waals surface area contributed by atoms with Gasteiger partial charge in [0, 0.05) is 6.08 Å². The third kappa shape index (κ3) is 2.42. The van der Waals surface area contributed by atoms with Gasteiger partial charge in [0.2, 0.25) is 0 Å². The van der Waals surface area contributed by atoms with E-state index in [9.17, 15) is 4.79 Å². The summed E-state index contributed by atoms with van der Waals surface area (Å²) in [5, 5.41) is 2.53. The lowest BCUT2D eigenvalue weighted by atomic mass is 10.4. The molecule has 82 valence electrons. The van der Waals surface area contributed by atoms with E-state index in [0.29, 0.717) is 26.7 Å². The van der Waals surface area contributed by atoms with Crippen LogP contribution >= 0.6 is 24.0 Å². The average molecular weight is 252 g/mol. The first kappa shape index (κ1) is 11.2. The monoisotopic (exact) mass is 252 g/mol. The van der Waals surface area contributed by atoms with E-state index < -0.39 is 0 Å². The van der Waals surface area contributed by atoms with Crippen LogP contribution < -0.4 is 5.32 Å². The molecule has 0 bridgehead atoms. The molecule has 1 aliphatic heterocycles. The van der Waals surface area contributed by atoms with Crippen LogP contribution in [0.2, 0.25) is 0 Å². The van der Waals surface area contributed by atoms with E-state index in [-0.39, 0.29) is 5.91 Å². The van der Waals surface area contributed by atoms with Crippen LogP contribution in [-0.4, -0.2) is 25.2 Å². The average Bonchev–Trinajstić information content (AvgIpc) is 2.43. The van der Waals surface area contributed by atoms with Gasteiger partial charge in [-0.25, -0.2) is 15.0 Å². The summed E-state index contributed by atoms with van der Waals surface area (Å²) in [6.45, 7) is 3.56. The number of nitrogens with zero attached hydrogens (tertiary/aromatic N) is 3. The minimum atomic E-state index is -0.203. The second-order valence-corrected chi connectivity index (χ2v) is 4.86. The third-order valence-electron chi connectivity index (χ3n) is 1.78. The fourth-order valence-electron chi connectivity index (χ4n) is 1.24. The number of nitrogens with one attached hydrogen (secondary N) is 1. The molecule has 7 heteroatoms. The van der Waals surface area contributed by atoms with Gasteiger partial charge in [-0.15, -0.1) is 0 Å². The van der Waals surface area contributed by atoms with Gasteiger partial charge in [-0.05, 0) is 13.8 Å². The van der Waals surface area contributed by atoms with E-state index >= 15 is 0 Å². The van der Waals surface area contributed by atoms with Gasteiger partial charge in [-0.2, -0.15) is 0 Å². The molecule has 0 saturated carbocycles. The molecule has 1 saturated heterocycles. The van der Waals surface area contributed by atoms with Crippen LogP contribution in [0.5, 0.6) is 0 Å². The second kappa shape index (κ2) is 4.26. The van der Waals surface area contributed by atoms with E-state index in [1.807, 2.05) is 0 Å². The van der Waals surface area contributed by atoms with Gasteiger partial charge in [0.05, 0.1) is 4.91 Å². The molecule has 0 aromatic carbocycles. The van der Waals surface area contributed by atoms with Gasteiger partial charge in [0.25, 0.3) is 5.91 Å². The smallest absolute Gasteiger partial charge is 0.263 e. The number of aromatic nitrogens is 3. The topological polar surface area (TPSA) is 67.8 Å². The van der Waals surface area contributed by atoms with Crippen molar-refractivity contribution in [2.45, 2.75) is 13.8 Å². The molecule has 16 heavy (non-hydrogen) atoms. The lowest BCUT2D eigenvalue weighted by molar-refractivity contribution is -0.115. The molecule has 5 nitrogen and oxygen atoms in total. The minimum absolute atomic E-state index is 0.203. The van der Waals surface area contributed by atoms with Crippen molar-refractivity contribution in [2.24, 2.45) is 0 Å². The summed E-state index contributed by atoms with van der Waals surface area (Å²) in [6, 6.07) is 0. The molecule has 2 heterocycles. The largest absolute Gasteiger partial charge is 0.307 e. The summed E-state index contributed by atoms with van der Waals surface area (Å²) >= 11 is 6.09. The SMILES string of the molecule is Cc1nc(C)nc(/C=C2\SC(=S)NC2=O)n1. The summed E-state index contributed by atoms with van der Waals surface area (Å²) in [6.07, 6.45) is 1.61. The number of hydrogen-bond acceptors (Lipinski definition) is 6. The Labute approximate surface area is 102 Å². The highest BCUT2D eigenvalue weighted by Crippen LogP contribution is 2.24. The van der Waals surface area contributed by atoms with Gasteiger partial charge in [-0.1, -0.05) is 24.0 Å². The second-order valence-electron chi connectivity index (χ2n) is 3.14. The lowest BCUT2D eigenvalue weighted by Gasteiger charge is -1.97. The van der Waals surface area contributed by atoms with Crippen LogP contribution in [0, 0.1) is 13.8 Å². The van der Waals surface area contributed by atoms with Crippen LogP contribution in [0.4, 0.5) is 0 Å². The Morgan fingerprint density at radius 3 is 2.38 bits per heavy atom. The summed E-state index contributed by atoms with van der Waals surface area (Å²) in [4.78, 5) is 24.2. The summed E-state index contributed by atoms with van der Waals surface area (Å²) < 4.78 is 0.457. The van der Waals surface area contributed by atoms with E-state index in [4.69, 9.17) is 12.2 Å². The number of aryl methyl sites for hydroxylation is 2. The highest BCUT2D eigenvalue weighted by Gasteiger charge is 2.22. The van der Waals surface area contributed by atoms with Gasteiger partial charge in [0.15, 0.2) is 5.82 Å². The van der Waals surface area contributed by atoms with Crippen molar-refractivity contribution in [1.29, 1.82) is 0 Å². The Balaban J connectivity index is 2.36. The number of amides is 1. The predicted octanol–water partition coefficient (Wildman–Crippen LogP) is 0.977. The molecular weight excluding hydrogens is 244 g/mol. The molecule has 2 rings (SSSR count). The van der Waals surface area contributed by atoms with Gasteiger partial charge in [0.1, 0.15) is 16.0 Å². The number of hydrogen-bond donors (Lipinski definition) is 1. The Morgan fingerprint density at radius 2 is 1.88 bits per heavy atom. The molecule has 1 aliphatic rings. The van der Waals surface area contributed by atoms with Crippen LogP contribution in [0.1, 0.15) is 17.5 Å². The molecule has 0 spiro atoms. The highest BCUT2D eigenvalue weighted by atomic mass is 32.2. The molecule has 0 atom stereocenters. The Bertz CT molecular complexity index is 492. The molecular formula is C9H8N4OS2. The lowest BCUT2D eigenvalue weighted by Crippen LogP contribution is -2.17. The van der Waals surface area contributed by atoms with Crippen molar-refractivity contribution in [2.75, 3.05) is 0 Å². The maximum absolute atomic E-state index is 11.4. The molecule has 0 unspecified atom stereocenters. The van der Waals surface area contributed by atoms with E-state index in [0.717, 1.165) is 0 Å². The summed E-state index contributed by atoms with van der Waals surface area (Å²) in [7, 11) is 0. The number of rotatable bonds is 1. The quantitative estimate of drug-likeness (QED) is 0.593. The van der Waals surface area contributed by atoms with Crippen molar-refractivity contribution in [1.82, 2.24) is 20.3 Å². The van der Waals surface area contributed by atoms with Crippen molar-refractivity contribution < 1.29 is 4.79 Å². The van der Waals surface area contributed by atoms with Gasteiger partial charge < -0.3 is 5.32 Å². The zero-order chi connectivity index (χ0) is 11.7. The first-order valence-electron chi connectivity index (χ1n) is 4.49. The standard InChI is InChI=1S/C9H8N4OS2/c1-4-10-5(2)12-7(11-4)3-6-8(14)13-9(15)16-6/h3H,1-2H3,(H,13,14,15)/b6-3-. The normalized spacial score (nSPS) is 18.0. The highest BCUT2D eigenvalue weighted by molar-refractivity contribution is 8.26. The Kier molecular flexibility index (Phi) is 2.97. The maximum atomic E-state index is 11.4. The zero-order valence-electron chi connectivity index (χ0n) is 8.64. The van der Waals surface area contributed by atoms with Crippen molar-refractivity contribution in [3.05, 3.63) is 22.4 Å². The van der Waals surface area contributed by atoms with E-state index in [2.05, 4.69) is 20.3 Å². The number of thioether (sulfide) groups is 1. The molecule has 1 aromatic heterocycles. The minimum Gasteiger partial charge on any atom is -0.307 e. The molecule has 0 radical (unpaired) electrons. The fourth-order valence-corrected chi connectivity index (χ4v) is 2.26. The van der Waals surface area contributed by atoms with Gasteiger partial charge >= 0.3 is 0 Å². The van der Waals surface area contributed by atoms with Crippen LogP contribution in [0.15, 0.2) is 4.91 Å². The van der Waals surface area contributed by atoms with Gasteiger partial charge in [-0.3, -0.25) is 4.79 Å². The van der Waals surface area contributed by atoms with E-state index in [1.165, 1.54) is 11.8 Å². The maximum Gasteiger partial charge on any atom is 0.263 e. The zero-order valence-corrected chi connectivity index (χ0v) is 10.3. The fraction of sp³-hybridized carbons (Fsp3) is 0.222. The Hall–Kier alpha value is -1.34. The molecule has 1 N–H and O–H groups in total. The van der Waals surface area contributed by atoms with Crippen molar-refractivity contribution in [3.63, 3.8) is 0 Å². The van der Waals surface area contributed by atoms with Crippen LogP contribution in [0.25, 0.3) is 6.08 Å². The molecule has 0 aliphatic carbocycles. The van der Waals surface area contributed by atoms with Crippen LogP contribution in [-0.2, 0) is 4.79 Å². The van der Waals surface area contributed by atoms with Crippen molar-refractivity contribution >= 4 is 40.3 Å². The third-order valence-corrected chi connectivity index (χ3v) is 2.94. The predicted molar refractivity (Wildman–Crippen MR) is 65.6 cm³/mol. The first-order chi connectivity index (χ1) is 7.54. The number of carbonyl (C=O) groups excluding carboxylic acids is 1. The summed E-state index contributed by atoms with van der Waals surface area (Å²) in [5.41, 5.74) is 0. The van der Waals surface area contributed by atoms with Crippen LogP contribution in [0.3, 0.4) is 0 Å². The Morgan fingerprint density at radius 1 is 1.25 bits per heavy atom. The first-order valence-corrected chi connectivity index (χ1v) is 5.71. The molecule has 1 amide bonds. The number of thiocarbonyl (C=S) groups is 1. The molecule has 1 aromatic rings. The number of carbonyl (C=O) groups is 1. The van der Waals surface area contributed by atoms with E-state index in [1.54, 1.807) is 19.9 Å². The summed E-state index contributed by atoms with van der Waals surface area (Å²) in [5.74, 6) is 1.54.